The number of nitrogen functional groups attached to an aromatic ring is 1. The Hall–Kier alpha value is -3.19. The number of nitrogens with two attached hydrogens (primary N) is 2. The molecule has 0 aliphatic carbocycles. The van der Waals surface area contributed by atoms with E-state index in [1.165, 1.54) is 35.3 Å². The van der Waals surface area contributed by atoms with Gasteiger partial charge in [-0.3, -0.25) is 14.5 Å². The number of anilines is 1. The molecule has 2 aromatic rings. The number of nitrogens with one attached hydrogen (secondary N) is 1. The predicted molar refractivity (Wildman–Crippen MR) is 144 cm³/mol. The van der Waals surface area contributed by atoms with E-state index in [4.69, 9.17) is 11.5 Å². The monoisotopic (exact) mass is 595 g/mol. The molecule has 7 N–H and O–H groups in total. The molecule has 2 atom stereocenters. The lowest BCUT2D eigenvalue weighted by molar-refractivity contribution is -0.150. The van der Waals surface area contributed by atoms with Crippen LogP contribution in [0.1, 0.15) is 5.82 Å². The summed E-state index contributed by atoms with van der Waals surface area (Å²) in [6, 6.07) is 0.771. The lowest BCUT2D eigenvalue weighted by Gasteiger charge is -2.49. The highest BCUT2D eigenvalue weighted by Gasteiger charge is 2.54. The summed E-state index contributed by atoms with van der Waals surface area (Å²) in [6.45, 7) is 0.526. The topological polar surface area (TPSA) is 223 Å². The first-order valence-corrected chi connectivity index (χ1v) is 14.6. The minimum absolute atomic E-state index is 0.0706. The number of thioether (sulfide) groups is 3. The molecule has 0 radical (unpaired) electrons. The van der Waals surface area contributed by atoms with Gasteiger partial charge in [0.25, 0.3) is 11.8 Å². The Labute approximate surface area is 232 Å². The highest BCUT2D eigenvalue weighted by atomic mass is 32.2. The lowest BCUT2D eigenvalue weighted by Crippen LogP contribution is -2.71. The second-order valence-electron chi connectivity index (χ2n) is 7.47. The zero-order chi connectivity index (χ0) is 27.2. The molecule has 2 amide bonds. The van der Waals surface area contributed by atoms with E-state index in [1.54, 1.807) is 24.4 Å². The molecular formula is C20H21N9O5S4. The van der Waals surface area contributed by atoms with E-state index >= 15 is 0 Å². The van der Waals surface area contributed by atoms with E-state index in [0.717, 1.165) is 21.5 Å². The van der Waals surface area contributed by atoms with Crippen molar-refractivity contribution in [3.05, 3.63) is 41.5 Å². The average molecular weight is 596 g/mol. The molecule has 0 saturated carbocycles. The summed E-state index contributed by atoms with van der Waals surface area (Å²) in [7, 11) is 0. The number of oxime groups is 1. The molecule has 4 rings (SSSR count). The quantitative estimate of drug-likeness (QED) is 0.0446. The maximum atomic E-state index is 12.9. The Bertz CT molecular complexity index is 1330. The number of carbonyl (C=O) groups excluding carboxylic acids is 2. The normalized spacial score (nSPS) is 19.4. The zero-order valence-electron chi connectivity index (χ0n) is 19.4. The third-order valence-electron chi connectivity index (χ3n) is 5.06. The van der Waals surface area contributed by atoms with Crippen LogP contribution in [0.25, 0.3) is 0 Å². The number of carboxylic acids is 1. The van der Waals surface area contributed by atoms with Gasteiger partial charge in [0.1, 0.15) is 22.1 Å². The average Bonchev–Trinajstić information content (AvgIpc) is 3.34. The summed E-state index contributed by atoms with van der Waals surface area (Å²) in [5.41, 5.74) is 10.8. The minimum Gasteiger partial charge on any atom is -0.477 e. The number of rotatable bonds is 11. The van der Waals surface area contributed by atoms with Gasteiger partial charge in [-0.25, -0.2) is 14.8 Å². The molecule has 2 aliphatic rings. The van der Waals surface area contributed by atoms with Crippen molar-refractivity contribution >= 4 is 75.4 Å². The number of carboxylic acid groups (broad SMARTS) is 1. The molecule has 18 heteroatoms. The summed E-state index contributed by atoms with van der Waals surface area (Å²) >= 11 is 5.04. The fourth-order valence-electron chi connectivity index (χ4n) is 3.45. The smallest absolute Gasteiger partial charge is 0.352 e. The number of aliphatic carboxylic acids is 1. The van der Waals surface area contributed by atoms with Crippen molar-refractivity contribution in [2.75, 3.05) is 29.5 Å². The van der Waals surface area contributed by atoms with E-state index < -0.39 is 34.9 Å². The van der Waals surface area contributed by atoms with Gasteiger partial charge < -0.3 is 27.1 Å². The molecule has 4 heterocycles. The molecule has 2 aromatic heterocycles. The molecule has 1 saturated heterocycles. The number of allylic oxidation sites excluding steroid dienone is 1. The number of nitrogens with zero attached hydrogens (tertiary/aromatic N) is 6. The van der Waals surface area contributed by atoms with Crippen LogP contribution in [0.4, 0.5) is 5.13 Å². The van der Waals surface area contributed by atoms with Gasteiger partial charge in [-0.15, -0.1) is 23.5 Å². The second-order valence-corrected chi connectivity index (χ2v) is 11.5. The van der Waals surface area contributed by atoms with E-state index in [9.17, 15) is 24.7 Å². The van der Waals surface area contributed by atoms with Crippen LogP contribution < -0.4 is 16.8 Å². The van der Waals surface area contributed by atoms with Gasteiger partial charge >= 0.3 is 5.97 Å². The van der Waals surface area contributed by atoms with Crippen LogP contribution in [0.5, 0.6) is 0 Å². The number of carbonyl (C=O) groups is 3. The van der Waals surface area contributed by atoms with Gasteiger partial charge in [-0.1, -0.05) is 29.1 Å². The molecule has 38 heavy (non-hydrogen) atoms. The number of fused-ring (bicyclic) bond motifs is 1. The van der Waals surface area contributed by atoms with Crippen molar-refractivity contribution in [2.45, 2.75) is 21.6 Å². The Morgan fingerprint density at radius 1 is 1.34 bits per heavy atom. The highest BCUT2D eigenvalue weighted by molar-refractivity contribution is 8.00. The van der Waals surface area contributed by atoms with Crippen molar-refractivity contribution in [3.8, 4) is 0 Å². The third kappa shape index (κ3) is 6.09. The largest absolute Gasteiger partial charge is 0.477 e. The number of aromatic nitrogens is 4. The molecule has 0 bridgehead atoms. The van der Waals surface area contributed by atoms with Crippen molar-refractivity contribution in [1.82, 2.24) is 29.5 Å². The van der Waals surface area contributed by atoms with E-state index in [1.807, 2.05) is 0 Å². The Morgan fingerprint density at radius 3 is 2.84 bits per heavy atom. The summed E-state index contributed by atoms with van der Waals surface area (Å²) in [5, 5.41) is 25.3. The molecular weight excluding hydrogens is 575 g/mol. The van der Waals surface area contributed by atoms with Crippen molar-refractivity contribution in [3.63, 3.8) is 0 Å². The third-order valence-corrected chi connectivity index (χ3v) is 8.68. The van der Waals surface area contributed by atoms with Gasteiger partial charge in [0.2, 0.25) is 11.5 Å². The van der Waals surface area contributed by atoms with E-state index in [-0.39, 0.29) is 16.7 Å². The van der Waals surface area contributed by atoms with Crippen LogP contribution in [0.2, 0.25) is 0 Å². The van der Waals surface area contributed by atoms with Crippen molar-refractivity contribution in [2.24, 2.45) is 10.9 Å². The van der Waals surface area contributed by atoms with Gasteiger partial charge in [-0.2, -0.15) is 9.36 Å². The summed E-state index contributed by atoms with van der Waals surface area (Å²) < 4.78 is 3.82. The van der Waals surface area contributed by atoms with Crippen LogP contribution >= 0.6 is 46.8 Å². The lowest BCUT2D eigenvalue weighted by atomic mass is 10.0. The number of hydrogen-bond donors (Lipinski definition) is 5. The molecule has 14 nitrogen and oxygen atoms in total. The van der Waals surface area contributed by atoms with E-state index in [0.29, 0.717) is 34.5 Å². The van der Waals surface area contributed by atoms with Gasteiger partial charge in [0.15, 0.2) is 10.3 Å². The molecule has 2 unspecified atom stereocenters. The Kier molecular flexibility index (Phi) is 9.21. The van der Waals surface area contributed by atoms with Crippen LogP contribution in [0, 0.1) is 0 Å². The first-order chi connectivity index (χ1) is 18.3. The standard InChI is InChI=1S/C20H21N9O5S4/c21-4-7-36-20-23-5-3-10(24-20)35-6-1-2-9-8-37-17-12(16(31)29(17)13(9)18(32)33)25-15(30)11(27-34)14-26-19(22)38-28-14/h1-3,5,12,17,34H,4,6-8,21H2,(H,25,30)(H,32,33)(H2,22,26,28)/b2-1+,27-11?. The zero-order valence-corrected chi connectivity index (χ0v) is 22.6. The molecule has 200 valence electrons. The maximum Gasteiger partial charge on any atom is 0.352 e. The Balaban J connectivity index is 1.40. The van der Waals surface area contributed by atoms with Crippen LogP contribution in [-0.4, -0.2) is 93.3 Å². The Morgan fingerprint density at radius 2 is 2.16 bits per heavy atom. The number of amides is 2. The van der Waals surface area contributed by atoms with E-state index in [2.05, 4.69) is 29.8 Å². The summed E-state index contributed by atoms with van der Waals surface area (Å²) in [4.78, 5) is 51.1. The maximum absolute atomic E-state index is 12.9. The fraction of sp³-hybridized carbons (Fsp3) is 0.300. The molecule has 2 aliphatic heterocycles. The molecule has 1 fully saturated rings. The first-order valence-electron chi connectivity index (χ1n) is 10.8. The van der Waals surface area contributed by atoms with Gasteiger partial charge in [0.05, 0.1) is 0 Å². The number of hydrogen-bond acceptors (Lipinski definition) is 15. The predicted octanol–water partition coefficient (Wildman–Crippen LogP) is 0.227. The van der Waals surface area contributed by atoms with Crippen molar-refractivity contribution in [1.29, 1.82) is 0 Å². The number of β-lactam (4-membered cyclic amide) rings is 1. The second kappa shape index (κ2) is 12.6. The molecule has 0 aromatic carbocycles. The summed E-state index contributed by atoms with van der Waals surface area (Å²) in [5.74, 6) is -1.38. The van der Waals surface area contributed by atoms with Crippen LogP contribution in [-0.2, 0) is 14.4 Å². The van der Waals surface area contributed by atoms with Gasteiger partial charge in [0, 0.05) is 41.5 Å². The SMILES string of the molecule is NCCSc1nccc(SC/C=C/C2=C(C(=O)O)N3C(=O)C(NC(=O)C(=NO)c4nsc(N)n4)C3SC2)n1. The van der Waals surface area contributed by atoms with Crippen LogP contribution in [0.3, 0.4) is 0 Å². The molecule has 0 spiro atoms. The van der Waals surface area contributed by atoms with Crippen molar-refractivity contribution < 1.29 is 24.7 Å². The fourth-order valence-corrected chi connectivity index (χ4v) is 6.53. The van der Waals surface area contributed by atoms with Crippen LogP contribution in [0.15, 0.2) is 51.0 Å². The minimum atomic E-state index is -1.25. The highest BCUT2D eigenvalue weighted by Crippen LogP contribution is 2.40. The van der Waals surface area contributed by atoms with Gasteiger partial charge in [-0.05, 0) is 11.6 Å². The first kappa shape index (κ1) is 27.8. The summed E-state index contributed by atoms with van der Waals surface area (Å²) in [6.07, 6.45) is 5.15.